The standard InChI is InChI=1S/C13H8Br2FN3S/c14-7-5-9(20-12(7)15)11-10(13(17)19-18-11)6-3-1-2-4-8(6)16/h1-5H,(H3,17,18,19). The highest BCUT2D eigenvalue weighted by molar-refractivity contribution is 9.13. The highest BCUT2D eigenvalue weighted by Gasteiger charge is 2.19. The van der Waals surface area contributed by atoms with Crippen molar-refractivity contribution in [2.24, 2.45) is 0 Å². The molecule has 0 aliphatic rings. The number of nitrogen functional groups attached to an aromatic ring is 1. The summed E-state index contributed by atoms with van der Waals surface area (Å²) in [6.45, 7) is 0. The van der Waals surface area contributed by atoms with Crippen molar-refractivity contribution in [3.05, 3.63) is 44.4 Å². The quantitative estimate of drug-likeness (QED) is 0.613. The number of hydrogen-bond donors (Lipinski definition) is 2. The van der Waals surface area contributed by atoms with E-state index in [-0.39, 0.29) is 11.6 Å². The van der Waals surface area contributed by atoms with Gasteiger partial charge in [0.25, 0.3) is 0 Å². The number of anilines is 1. The van der Waals surface area contributed by atoms with Crippen molar-refractivity contribution in [3.8, 4) is 21.7 Å². The van der Waals surface area contributed by atoms with Crippen molar-refractivity contribution in [2.45, 2.75) is 0 Å². The van der Waals surface area contributed by atoms with Gasteiger partial charge in [0.1, 0.15) is 5.82 Å². The average Bonchev–Trinajstić information content (AvgIpc) is 2.94. The number of aromatic amines is 1. The fourth-order valence-corrected chi connectivity index (χ4v) is 3.98. The Kier molecular flexibility index (Phi) is 3.66. The molecule has 1 aromatic carbocycles. The Morgan fingerprint density at radius 1 is 1.25 bits per heavy atom. The second-order valence-corrected chi connectivity index (χ2v) is 7.30. The van der Waals surface area contributed by atoms with Gasteiger partial charge < -0.3 is 5.73 Å². The van der Waals surface area contributed by atoms with Gasteiger partial charge in [0, 0.05) is 10.0 Å². The van der Waals surface area contributed by atoms with E-state index in [9.17, 15) is 4.39 Å². The summed E-state index contributed by atoms with van der Waals surface area (Å²) in [4.78, 5) is 0.922. The molecule has 0 amide bonds. The molecule has 20 heavy (non-hydrogen) atoms. The zero-order chi connectivity index (χ0) is 14.3. The maximum atomic E-state index is 14.0. The maximum absolute atomic E-state index is 14.0. The molecule has 3 aromatic rings. The molecule has 0 saturated carbocycles. The topological polar surface area (TPSA) is 54.7 Å². The molecular formula is C13H8Br2FN3S. The minimum Gasteiger partial charge on any atom is -0.382 e. The number of aromatic nitrogens is 2. The number of halogens is 3. The molecule has 102 valence electrons. The van der Waals surface area contributed by atoms with E-state index in [2.05, 4.69) is 42.1 Å². The summed E-state index contributed by atoms with van der Waals surface area (Å²) in [5, 5.41) is 6.90. The molecule has 0 spiro atoms. The van der Waals surface area contributed by atoms with Crippen molar-refractivity contribution < 1.29 is 4.39 Å². The largest absolute Gasteiger partial charge is 0.382 e. The molecular weight excluding hydrogens is 409 g/mol. The molecule has 0 unspecified atom stereocenters. The van der Waals surface area contributed by atoms with Crippen LogP contribution in [0.3, 0.4) is 0 Å². The monoisotopic (exact) mass is 415 g/mol. The summed E-state index contributed by atoms with van der Waals surface area (Å²) in [6.07, 6.45) is 0. The number of benzene rings is 1. The van der Waals surface area contributed by atoms with Crippen LogP contribution in [0.25, 0.3) is 21.7 Å². The van der Waals surface area contributed by atoms with Crippen molar-refractivity contribution in [1.29, 1.82) is 0 Å². The summed E-state index contributed by atoms with van der Waals surface area (Å²) in [5.74, 6) is -0.0396. The van der Waals surface area contributed by atoms with Crippen molar-refractivity contribution in [1.82, 2.24) is 10.2 Å². The number of thiophene rings is 1. The van der Waals surface area contributed by atoms with Gasteiger partial charge in [-0.1, -0.05) is 18.2 Å². The van der Waals surface area contributed by atoms with E-state index in [0.29, 0.717) is 16.8 Å². The highest BCUT2D eigenvalue weighted by atomic mass is 79.9. The summed E-state index contributed by atoms with van der Waals surface area (Å²) >= 11 is 8.40. The third-order valence-corrected chi connectivity index (χ3v) is 6.10. The van der Waals surface area contributed by atoms with Gasteiger partial charge in [-0.2, -0.15) is 5.10 Å². The lowest BCUT2D eigenvalue weighted by Gasteiger charge is -2.04. The van der Waals surface area contributed by atoms with Crippen LogP contribution in [0.2, 0.25) is 0 Å². The molecule has 2 heterocycles. The molecule has 0 aliphatic carbocycles. The molecule has 0 atom stereocenters. The van der Waals surface area contributed by atoms with E-state index in [0.717, 1.165) is 13.1 Å². The Morgan fingerprint density at radius 3 is 2.65 bits per heavy atom. The Bertz CT molecular complexity index is 762. The zero-order valence-corrected chi connectivity index (χ0v) is 13.9. The first-order chi connectivity index (χ1) is 9.58. The number of nitrogens with one attached hydrogen (secondary N) is 1. The summed E-state index contributed by atoms with van der Waals surface area (Å²) in [7, 11) is 0. The fraction of sp³-hybridized carbons (Fsp3) is 0. The lowest BCUT2D eigenvalue weighted by molar-refractivity contribution is 0.631. The van der Waals surface area contributed by atoms with Gasteiger partial charge in [-0.15, -0.1) is 11.3 Å². The normalized spacial score (nSPS) is 10.9. The van der Waals surface area contributed by atoms with E-state index < -0.39 is 0 Å². The predicted octanol–water partition coefficient (Wildman–Crippen LogP) is 5.05. The van der Waals surface area contributed by atoms with Gasteiger partial charge >= 0.3 is 0 Å². The third kappa shape index (κ3) is 2.30. The van der Waals surface area contributed by atoms with E-state index in [1.54, 1.807) is 18.2 Å². The van der Waals surface area contributed by atoms with Crippen LogP contribution in [0.15, 0.2) is 38.6 Å². The Balaban J connectivity index is 2.23. The van der Waals surface area contributed by atoms with Gasteiger partial charge in [-0.05, 0) is 44.0 Å². The molecule has 0 fully saturated rings. The number of nitrogens with zero attached hydrogens (tertiary/aromatic N) is 1. The number of H-pyrrole nitrogens is 1. The minimum absolute atomic E-state index is 0.283. The molecule has 3 rings (SSSR count). The van der Waals surface area contributed by atoms with Crippen LogP contribution < -0.4 is 5.73 Å². The molecule has 3 nitrogen and oxygen atoms in total. The summed E-state index contributed by atoms with van der Waals surface area (Å²) in [5.41, 5.74) is 7.64. The Hall–Kier alpha value is -1.18. The maximum Gasteiger partial charge on any atom is 0.153 e. The van der Waals surface area contributed by atoms with E-state index in [1.807, 2.05) is 6.07 Å². The lowest BCUT2D eigenvalue weighted by Crippen LogP contribution is -1.90. The SMILES string of the molecule is Nc1n[nH]c(-c2cc(Br)c(Br)s2)c1-c1ccccc1F. The Labute approximate surface area is 135 Å². The fourth-order valence-electron chi connectivity index (χ4n) is 1.94. The first-order valence-corrected chi connectivity index (χ1v) is 8.02. The van der Waals surface area contributed by atoms with Crippen LogP contribution in [0.4, 0.5) is 10.2 Å². The van der Waals surface area contributed by atoms with E-state index >= 15 is 0 Å². The molecule has 0 aliphatic heterocycles. The minimum atomic E-state index is -0.323. The highest BCUT2D eigenvalue weighted by Crippen LogP contribution is 2.42. The molecule has 3 N–H and O–H groups in total. The van der Waals surface area contributed by atoms with E-state index in [1.165, 1.54) is 17.4 Å². The molecule has 7 heteroatoms. The smallest absolute Gasteiger partial charge is 0.153 e. The second-order valence-electron chi connectivity index (χ2n) is 4.07. The summed E-state index contributed by atoms with van der Waals surface area (Å²) < 4.78 is 15.9. The number of nitrogens with two attached hydrogens (primary N) is 1. The van der Waals surface area contributed by atoms with Gasteiger partial charge in [-0.25, -0.2) is 4.39 Å². The molecule has 2 aromatic heterocycles. The second kappa shape index (κ2) is 5.31. The van der Waals surface area contributed by atoms with Gasteiger partial charge in [0.2, 0.25) is 0 Å². The van der Waals surface area contributed by atoms with Crippen LogP contribution in [-0.4, -0.2) is 10.2 Å². The molecule has 0 bridgehead atoms. The number of hydrogen-bond acceptors (Lipinski definition) is 3. The lowest BCUT2D eigenvalue weighted by atomic mass is 10.0. The van der Waals surface area contributed by atoms with Gasteiger partial charge in [0.05, 0.1) is 19.9 Å². The average molecular weight is 417 g/mol. The molecule has 0 saturated heterocycles. The van der Waals surface area contributed by atoms with Crippen LogP contribution >= 0.6 is 43.2 Å². The number of rotatable bonds is 2. The van der Waals surface area contributed by atoms with Crippen molar-refractivity contribution in [2.75, 3.05) is 5.73 Å². The van der Waals surface area contributed by atoms with Gasteiger partial charge in [-0.3, -0.25) is 5.10 Å². The van der Waals surface area contributed by atoms with E-state index in [4.69, 9.17) is 5.73 Å². The van der Waals surface area contributed by atoms with Crippen molar-refractivity contribution >= 4 is 49.0 Å². The Morgan fingerprint density at radius 2 is 2.00 bits per heavy atom. The van der Waals surface area contributed by atoms with Crippen LogP contribution in [0, 0.1) is 5.82 Å². The van der Waals surface area contributed by atoms with Crippen LogP contribution in [-0.2, 0) is 0 Å². The van der Waals surface area contributed by atoms with Crippen LogP contribution in [0.5, 0.6) is 0 Å². The first-order valence-electron chi connectivity index (χ1n) is 5.62. The third-order valence-electron chi connectivity index (χ3n) is 2.83. The van der Waals surface area contributed by atoms with Crippen molar-refractivity contribution in [3.63, 3.8) is 0 Å². The van der Waals surface area contributed by atoms with Crippen LogP contribution in [0.1, 0.15) is 0 Å². The first kappa shape index (κ1) is 13.8. The zero-order valence-electron chi connectivity index (χ0n) is 9.95. The van der Waals surface area contributed by atoms with Gasteiger partial charge in [0.15, 0.2) is 5.82 Å². The predicted molar refractivity (Wildman–Crippen MR) is 87.1 cm³/mol. The summed E-state index contributed by atoms with van der Waals surface area (Å²) in [6, 6.07) is 8.46. The molecule has 0 radical (unpaired) electrons.